The molecule has 1 aliphatic carbocycles. The van der Waals surface area contributed by atoms with Gasteiger partial charge in [0, 0.05) is 5.56 Å². The predicted octanol–water partition coefficient (Wildman–Crippen LogP) is 3.47. The molecule has 104 valence electrons. The van der Waals surface area contributed by atoms with Gasteiger partial charge in [0.05, 0.1) is 11.1 Å². The lowest BCUT2D eigenvalue weighted by molar-refractivity contribution is -0.137. The molecule has 0 amide bonds. The van der Waals surface area contributed by atoms with E-state index < -0.39 is 17.3 Å². The third kappa shape index (κ3) is 2.66. The van der Waals surface area contributed by atoms with Crippen LogP contribution in [0.4, 0.5) is 13.2 Å². The Kier molecular flexibility index (Phi) is 3.43. The molecule has 5 heteroatoms. The molecule has 1 aliphatic rings. The van der Waals surface area contributed by atoms with E-state index in [1.54, 1.807) is 0 Å². The van der Waals surface area contributed by atoms with Crippen LogP contribution in [0.2, 0.25) is 0 Å². The number of ketones is 1. The Morgan fingerprint density at radius 3 is 2.32 bits per heavy atom. The van der Waals surface area contributed by atoms with Crippen LogP contribution >= 0.6 is 0 Å². The van der Waals surface area contributed by atoms with E-state index in [9.17, 15) is 18.0 Å². The molecule has 19 heavy (non-hydrogen) atoms. The lowest BCUT2D eigenvalue weighted by Crippen LogP contribution is -2.45. The lowest BCUT2D eigenvalue weighted by atomic mass is 9.86. The third-order valence-corrected chi connectivity index (χ3v) is 3.75. The number of carbonyl (C=O) groups is 1. The van der Waals surface area contributed by atoms with E-state index in [0.29, 0.717) is 24.0 Å². The third-order valence-electron chi connectivity index (χ3n) is 3.75. The summed E-state index contributed by atoms with van der Waals surface area (Å²) < 4.78 is 37.7. The smallest absolute Gasteiger partial charge is 0.319 e. The first kappa shape index (κ1) is 14.1. The molecule has 0 radical (unpaired) electrons. The number of alkyl halides is 3. The average Bonchev–Trinajstić information content (AvgIpc) is 2.75. The summed E-state index contributed by atoms with van der Waals surface area (Å²) in [5, 5.41) is 0. The highest BCUT2D eigenvalue weighted by atomic mass is 19.4. The predicted molar refractivity (Wildman–Crippen MR) is 65.9 cm³/mol. The molecule has 2 nitrogen and oxygen atoms in total. The SMILES string of the molecule is Cc1cc(C(F)(F)F)ccc1C(=O)C1(N)CCCC1. The Balaban J connectivity index is 2.34. The van der Waals surface area contributed by atoms with Gasteiger partial charge in [0.2, 0.25) is 0 Å². The second-order valence-electron chi connectivity index (χ2n) is 5.22. The number of Topliss-reactive ketones (excluding diaryl/α,β-unsaturated/α-hetero) is 1. The van der Waals surface area contributed by atoms with Crippen LogP contribution in [0.25, 0.3) is 0 Å². The Morgan fingerprint density at radius 2 is 1.84 bits per heavy atom. The van der Waals surface area contributed by atoms with Gasteiger partial charge >= 0.3 is 6.18 Å². The topological polar surface area (TPSA) is 43.1 Å². The van der Waals surface area contributed by atoms with Crippen molar-refractivity contribution in [1.29, 1.82) is 0 Å². The molecule has 0 heterocycles. The van der Waals surface area contributed by atoms with Crippen molar-refractivity contribution in [3.05, 3.63) is 34.9 Å². The minimum Gasteiger partial charge on any atom is -0.319 e. The van der Waals surface area contributed by atoms with Crippen LogP contribution in [0.5, 0.6) is 0 Å². The van der Waals surface area contributed by atoms with E-state index in [1.807, 2.05) is 0 Å². The van der Waals surface area contributed by atoms with Crippen molar-refractivity contribution in [1.82, 2.24) is 0 Å². The molecule has 0 spiro atoms. The summed E-state index contributed by atoms with van der Waals surface area (Å²) in [6, 6.07) is 3.19. The summed E-state index contributed by atoms with van der Waals surface area (Å²) in [6.07, 6.45) is -1.40. The zero-order valence-electron chi connectivity index (χ0n) is 10.7. The summed E-state index contributed by atoms with van der Waals surface area (Å²) in [7, 11) is 0. The number of nitrogens with two attached hydrogens (primary N) is 1. The van der Waals surface area contributed by atoms with Crippen LogP contribution < -0.4 is 5.73 Å². The van der Waals surface area contributed by atoms with Crippen LogP contribution in [0.15, 0.2) is 18.2 Å². The summed E-state index contributed by atoms with van der Waals surface area (Å²) >= 11 is 0. The fourth-order valence-electron chi connectivity index (χ4n) is 2.60. The van der Waals surface area contributed by atoms with E-state index in [0.717, 1.165) is 25.0 Å². The van der Waals surface area contributed by atoms with E-state index >= 15 is 0 Å². The number of hydrogen-bond donors (Lipinski definition) is 1. The van der Waals surface area contributed by atoms with Crippen molar-refractivity contribution < 1.29 is 18.0 Å². The molecule has 0 unspecified atom stereocenters. The van der Waals surface area contributed by atoms with Crippen LogP contribution in [0.1, 0.15) is 47.2 Å². The fourth-order valence-corrected chi connectivity index (χ4v) is 2.60. The van der Waals surface area contributed by atoms with Crippen molar-refractivity contribution in [3.63, 3.8) is 0 Å². The Bertz CT molecular complexity index is 502. The number of hydrogen-bond acceptors (Lipinski definition) is 2. The maximum atomic E-state index is 12.6. The first-order valence-electron chi connectivity index (χ1n) is 6.25. The van der Waals surface area contributed by atoms with Crippen LogP contribution in [-0.2, 0) is 6.18 Å². The minimum absolute atomic E-state index is 0.240. The van der Waals surface area contributed by atoms with Crippen molar-refractivity contribution >= 4 is 5.78 Å². The zero-order valence-corrected chi connectivity index (χ0v) is 10.7. The Hall–Kier alpha value is -1.36. The first-order chi connectivity index (χ1) is 8.74. The molecule has 0 aliphatic heterocycles. The van der Waals surface area contributed by atoms with Gasteiger partial charge in [0.1, 0.15) is 0 Å². The molecule has 1 aromatic carbocycles. The van der Waals surface area contributed by atoms with Gasteiger partial charge in [-0.1, -0.05) is 18.9 Å². The summed E-state index contributed by atoms with van der Waals surface area (Å²) in [5.41, 5.74) is 5.05. The molecule has 0 atom stereocenters. The zero-order chi connectivity index (χ0) is 14.3. The van der Waals surface area contributed by atoms with Gasteiger partial charge in [-0.15, -0.1) is 0 Å². The van der Waals surface area contributed by atoms with E-state index in [2.05, 4.69) is 0 Å². The normalized spacial score (nSPS) is 18.6. The molecular weight excluding hydrogens is 255 g/mol. The molecular formula is C14H16F3NO. The average molecular weight is 271 g/mol. The summed E-state index contributed by atoms with van der Waals surface area (Å²) in [6.45, 7) is 1.51. The van der Waals surface area contributed by atoms with Gasteiger partial charge in [-0.3, -0.25) is 4.79 Å². The molecule has 1 fully saturated rings. The molecule has 2 N–H and O–H groups in total. The quantitative estimate of drug-likeness (QED) is 0.837. The molecule has 0 aromatic heterocycles. The van der Waals surface area contributed by atoms with Gasteiger partial charge in [0.25, 0.3) is 0 Å². The summed E-state index contributed by atoms with van der Waals surface area (Å²) in [5.74, 6) is -0.240. The van der Waals surface area contributed by atoms with Gasteiger partial charge in [0.15, 0.2) is 5.78 Å². The number of carbonyl (C=O) groups excluding carboxylic acids is 1. The van der Waals surface area contributed by atoms with Gasteiger partial charge in [-0.2, -0.15) is 13.2 Å². The van der Waals surface area contributed by atoms with E-state index in [-0.39, 0.29) is 5.78 Å². The van der Waals surface area contributed by atoms with Crippen molar-refractivity contribution in [3.8, 4) is 0 Å². The monoisotopic (exact) mass is 271 g/mol. The van der Waals surface area contributed by atoms with Crippen LogP contribution in [0, 0.1) is 6.92 Å². The first-order valence-corrected chi connectivity index (χ1v) is 6.25. The largest absolute Gasteiger partial charge is 0.416 e. The van der Waals surface area contributed by atoms with E-state index in [4.69, 9.17) is 5.73 Å². The number of rotatable bonds is 2. The summed E-state index contributed by atoms with van der Waals surface area (Å²) in [4.78, 5) is 12.3. The van der Waals surface area contributed by atoms with Crippen molar-refractivity contribution in [2.45, 2.75) is 44.3 Å². The molecule has 2 rings (SSSR count). The van der Waals surface area contributed by atoms with Gasteiger partial charge in [-0.25, -0.2) is 0 Å². The maximum absolute atomic E-state index is 12.6. The van der Waals surface area contributed by atoms with Gasteiger partial charge in [-0.05, 0) is 37.5 Å². The van der Waals surface area contributed by atoms with Gasteiger partial charge < -0.3 is 5.73 Å². The number of benzene rings is 1. The second-order valence-corrected chi connectivity index (χ2v) is 5.22. The maximum Gasteiger partial charge on any atom is 0.416 e. The van der Waals surface area contributed by atoms with Crippen LogP contribution in [-0.4, -0.2) is 11.3 Å². The number of halogens is 3. The van der Waals surface area contributed by atoms with E-state index in [1.165, 1.54) is 13.0 Å². The van der Waals surface area contributed by atoms with Crippen molar-refractivity contribution in [2.24, 2.45) is 5.73 Å². The highest BCUT2D eigenvalue weighted by molar-refractivity contribution is 6.04. The molecule has 0 saturated heterocycles. The van der Waals surface area contributed by atoms with Crippen molar-refractivity contribution in [2.75, 3.05) is 0 Å². The fraction of sp³-hybridized carbons (Fsp3) is 0.500. The Morgan fingerprint density at radius 1 is 1.26 bits per heavy atom. The highest BCUT2D eigenvalue weighted by Crippen LogP contribution is 2.34. The highest BCUT2D eigenvalue weighted by Gasteiger charge is 2.38. The molecule has 1 saturated carbocycles. The Labute approximate surface area is 109 Å². The number of aryl methyl sites for hydroxylation is 1. The standard InChI is InChI=1S/C14H16F3NO/c1-9-8-10(14(15,16)17)4-5-11(9)12(19)13(18)6-2-3-7-13/h4-5,8H,2-3,6-7,18H2,1H3. The molecule has 1 aromatic rings. The van der Waals surface area contributed by atoms with Crippen LogP contribution in [0.3, 0.4) is 0 Å². The second kappa shape index (κ2) is 4.63. The lowest BCUT2D eigenvalue weighted by Gasteiger charge is -2.23. The molecule has 0 bridgehead atoms. The minimum atomic E-state index is -4.39.